The van der Waals surface area contributed by atoms with Crippen molar-refractivity contribution in [3.63, 3.8) is 0 Å². The molecule has 22 heavy (non-hydrogen) atoms. The second-order valence-corrected chi connectivity index (χ2v) is 7.02. The molecule has 2 rings (SSSR count). The first-order valence-electron chi connectivity index (χ1n) is 6.20. The highest BCUT2D eigenvalue weighted by molar-refractivity contribution is 7.89. The van der Waals surface area contributed by atoms with Gasteiger partial charge in [0.2, 0.25) is 10.0 Å². The average molecular weight is 341 g/mol. The van der Waals surface area contributed by atoms with Crippen LogP contribution in [-0.4, -0.2) is 35.8 Å². The molecule has 0 spiro atoms. The Hall–Kier alpha value is -1.96. The van der Waals surface area contributed by atoms with Crippen LogP contribution in [0.4, 0.5) is 0 Å². The van der Waals surface area contributed by atoms with Gasteiger partial charge in [-0.05, 0) is 35.9 Å². The summed E-state index contributed by atoms with van der Waals surface area (Å²) in [6, 6.07) is 7.02. The predicted molar refractivity (Wildman–Crippen MR) is 81.3 cm³/mol. The molecule has 0 aliphatic carbocycles. The lowest BCUT2D eigenvalue weighted by Crippen LogP contribution is -2.26. The SMILES string of the molecule is CN(Cc1ccncc1)S(=O)(=O)c1ccc(Cl)c(C(=O)O)c1. The van der Waals surface area contributed by atoms with Crippen molar-refractivity contribution in [2.24, 2.45) is 0 Å². The van der Waals surface area contributed by atoms with Crippen LogP contribution in [0.15, 0.2) is 47.6 Å². The molecule has 0 bridgehead atoms. The molecule has 0 amide bonds. The van der Waals surface area contributed by atoms with E-state index in [0.717, 1.165) is 15.9 Å². The van der Waals surface area contributed by atoms with Crippen molar-refractivity contribution in [3.8, 4) is 0 Å². The molecular formula is C14H13ClN2O4S. The van der Waals surface area contributed by atoms with Crippen LogP contribution in [0.5, 0.6) is 0 Å². The fourth-order valence-corrected chi connectivity index (χ4v) is 3.22. The van der Waals surface area contributed by atoms with E-state index in [2.05, 4.69) is 4.98 Å². The minimum absolute atomic E-state index is 0.0109. The van der Waals surface area contributed by atoms with E-state index in [9.17, 15) is 13.2 Å². The van der Waals surface area contributed by atoms with Crippen LogP contribution >= 0.6 is 11.6 Å². The molecule has 2 aromatic rings. The van der Waals surface area contributed by atoms with Crippen molar-refractivity contribution in [1.29, 1.82) is 0 Å². The number of hydrogen-bond acceptors (Lipinski definition) is 4. The zero-order valence-electron chi connectivity index (χ0n) is 11.6. The molecule has 6 nitrogen and oxygen atoms in total. The van der Waals surface area contributed by atoms with Crippen molar-refractivity contribution >= 4 is 27.6 Å². The first kappa shape index (κ1) is 16.4. The molecule has 0 fully saturated rings. The topological polar surface area (TPSA) is 87.6 Å². The van der Waals surface area contributed by atoms with Gasteiger partial charge in [-0.1, -0.05) is 11.6 Å². The molecule has 0 unspecified atom stereocenters. The van der Waals surface area contributed by atoms with E-state index in [1.807, 2.05) is 0 Å². The monoisotopic (exact) mass is 340 g/mol. The van der Waals surface area contributed by atoms with Gasteiger partial charge in [0, 0.05) is 26.0 Å². The lowest BCUT2D eigenvalue weighted by Gasteiger charge is -2.17. The van der Waals surface area contributed by atoms with Crippen LogP contribution < -0.4 is 0 Å². The number of carboxylic acid groups (broad SMARTS) is 1. The van der Waals surface area contributed by atoms with Gasteiger partial charge in [0.1, 0.15) is 0 Å². The fraction of sp³-hybridized carbons (Fsp3) is 0.143. The zero-order valence-corrected chi connectivity index (χ0v) is 13.2. The number of carbonyl (C=O) groups is 1. The molecule has 0 radical (unpaired) electrons. The maximum Gasteiger partial charge on any atom is 0.337 e. The Labute approximate surface area is 133 Å². The number of benzene rings is 1. The number of sulfonamides is 1. The maximum absolute atomic E-state index is 12.5. The molecular weight excluding hydrogens is 328 g/mol. The molecule has 0 aliphatic rings. The molecule has 0 saturated carbocycles. The summed E-state index contributed by atoms with van der Waals surface area (Å²) in [6.07, 6.45) is 3.14. The Morgan fingerprint density at radius 1 is 1.27 bits per heavy atom. The van der Waals surface area contributed by atoms with Crippen molar-refractivity contribution in [2.45, 2.75) is 11.4 Å². The highest BCUT2D eigenvalue weighted by Gasteiger charge is 2.23. The van der Waals surface area contributed by atoms with Gasteiger partial charge in [-0.3, -0.25) is 4.98 Å². The van der Waals surface area contributed by atoms with Crippen molar-refractivity contribution in [1.82, 2.24) is 9.29 Å². The summed E-state index contributed by atoms with van der Waals surface area (Å²) in [5.74, 6) is -1.28. The molecule has 1 N–H and O–H groups in total. The number of halogens is 1. The Morgan fingerprint density at radius 3 is 2.50 bits per heavy atom. The molecule has 1 aromatic carbocycles. The Balaban J connectivity index is 2.34. The lowest BCUT2D eigenvalue weighted by atomic mass is 10.2. The fourth-order valence-electron chi connectivity index (χ4n) is 1.84. The lowest BCUT2D eigenvalue weighted by molar-refractivity contribution is 0.0697. The third kappa shape index (κ3) is 3.44. The van der Waals surface area contributed by atoms with Crippen LogP contribution in [0.25, 0.3) is 0 Å². The Morgan fingerprint density at radius 2 is 1.91 bits per heavy atom. The van der Waals surface area contributed by atoms with E-state index >= 15 is 0 Å². The number of nitrogens with zero attached hydrogens (tertiary/aromatic N) is 2. The number of aromatic carboxylic acids is 1. The number of rotatable bonds is 5. The summed E-state index contributed by atoms with van der Waals surface area (Å²) in [5, 5.41) is 9.02. The molecule has 1 heterocycles. The van der Waals surface area contributed by atoms with E-state index in [0.29, 0.717) is 0 Å². The zero-order chi connectivity index (χ0) is 16.3. The largest absolute Gasteiger partial charge is 0.478 e. The second-order valence-electron chi connectivity index (χ2n) is 4.56. The van der Waals surface area contributed by atoms with Gasteiger partial charge in [0.25, 0.3) is 0 Å². The normalized spacial score (nSPS) is 11.6. The number of aromatic nitrogens is 1. The van der Waals surface area contributed by atoms with Crippen LogP contribution in [0.2, 0.25) is 5.02 Å². The second kappa shape index (κ2) is 6.43. The summed E-state index contributed by atoms with van der Waals surface area (Å²) in [7, 11) is -2.40. The molecule has 0 atom stereocenters. The number of carboxylic acids is 1. The molecule has 0 saturated heterocycles. The predicted octanol–water partition coefficient (Wildman–Crippen LogP) is 2.25. The minimum Gasteiger partial charge on any atom is -0.478 e. The quantitative estimate of drug-likeness (QED) is 0.902. The minimum atomic E-state index is -3.82. The first-order valence-corrected chi connectivity index (χ1v) is 8.02. The number of pyridine rings is 1. The summed E-state index contributed by atoms with van der Waals surface area (Å²) in [4.78, 5) is 14.8. The van der Waals surface area contributed by atoms with Crippen molar-refractivity contribution < 1.29 is 18.3 Å². The smallest absolute Gasteiger partial charge is 0.337 e. The highest BCUT2D eigenvalue weighted by atomic mass is 35.5. The van der Waals surface area contributed by atoms with Crippen LogP contribution in [0.1, 0.15) is 15.9 Å². The summed E-state index contributed by atoms with van der Waals surface area (Å²) in [5.41, 5.74) is 0.522. The summed E-state index contributed by atoms with van der Waals surface area (Å²) < 4.78 is 26.1. The van der Waals surface area contributed by atoms with Gasteiger partial charge in [0.15, 0.2) is 0 Å². The van der Waals surface area contributed by atoms with Crippen LogP contribution in [-0.2, 0) is 16.6 Å². The summed E-state index contributed by atoms with van der Waals surface area (Å²) >= 11 is 5.75. The van der Waals surface area contributed by atoms with E-state index in [-0.39, 0.29) is 22.0 Å². The third-order valence-corrected chi connectivity index (χ3v) is 5.16. The summed E-state index contributed by atoms with van der Waals surface area (Å²) in [6.45, 7) is 0.149. The van der Waals surface area contributed by atoms with Gasteiger partial charge in [-0.15, -0.1) is 0 Å². The third-order valence-electron chi connectivity index (χ3n) is 3.03. The van der Waals surface area contributed by atoms with Crippen LogP contribution in [0, 0.1) is 0 Å². The van der Waals surface area contributed by atoms with Gasteiger partial charge < -0.3 is 5.11 Å². The molecule has 0 aliphatic heterocycles. The average Bonchev–Trinajstić information content (AvgIpc) is 2.48. The first-order chi connectivity index (χ1) is 10.3. The van der Waals surface area contributed by atoms with E-state index < -0.39 is 16.0 Å². The van der Waals surface area contributed by atoms with E-state index in [4.69, 9.17) is 16.7 Å². The molecule has 8 heteroatoms. The standard InChI is InChI=1S/C14H13ClN2O4S/c1-17(9-10-4-6-16-7-5-10)22(20,21)11-2-3-13(15)12(8-11)14(18)19/h2-8H,9H2,1H3,(H,18,19). The highest BCUT2D eigenvalue weighted by Crippen LogP contribution is 2.23. The maximum atomic E-state index is 12.5. The van der Waals surface area contributed by atoms with E-state index in [1.165, 1.54) is 19.2 Å². The van der Waals surface area contributed by atoms with Crippen LogP contribution in [0.3, 0.4) is 0 Å². The Kier molecular flexibility index (Phi) is 4.80. The van der Waals surface area contributed by atoms with Crippen molar-refractivity contribution in [2.75, 3.05) is 7.05 Å². The van der Waals surface area contributed by atoms with Gasteiger partial charge >= 0.3 is 5.97 Å². The number of hydrogen-bond donors (Lipinski definition) is 1. The molecule has 1 aromatic heterocycles. The van der Waals surface area contributed by atoms with Gasteiger partial charge in [-0.2, -0.15) is 4.31 Å². The van der Waals surface area contributed by atoms with Crippen molar-refractivity contribution in [3.05, 3.63) is 58.9 Å². The molecule has 116 valence electrons. The van der Waals surface area contributed by atoms with E-state index in [1.54, 1.807) is 24.5 Å². The van der Waals surface area contributed by atoms with Gasteiger partial charge in [-0.25, -0.2) is 13.2 Å². The Bertz CT molecular complexity index is 794. The van der Waals surface area contributed by atoms with Gasteiger partial charge in [0.05, 0.1) is 15.5 Å².